The molecule has 0 saturated carbocycles. The highest BCUT2D eigenvalue weighted by Crippen LogP contribution is 2.30. The van der Waals surface area contributed by atoms with Crippen LogP contribution in [-0.2, 0) is 11.2 Å². The number of nitrogens with zero attached hydrogens (tertiary/aromatic N) is 1. The largest absolute Gasteiger partial charge is 0.369 e. The summed E-state index contributed by atoms with van der Waals surface area (Å²) in [6.45, 7) is 2.50. The first-order chi connectivity index (χ1) is 13.5. The topological polar surface area (TPSA) is 79.5 Å². The molecule has 1 aromatic carbocycles. The number of fused-ring (bicyclic) bond motifs is 1. The molecule has 2 aromatic rings. The molecule has 2 atom stereocenters. The minimum Gasteiger partial charge on any atom is -0.369 e. The van der Waals surface area contributed by atoms with E-state index < -0.39 is 11.5 Å². The lowest BCUT2D eigenvalue weighted by atomic mass is 9.93. The molecule has 1 N–H and O–H groups in total. The second-order valence-electron chi connectivity index (χ2n) is 7.33. The van der Waals surface area contributed by atoms with Crippen molar-refractivity contribution in [1.29, 1.82) is 0 Å². The number of aromatic nitrogens is 1. The Kier molecular flexibility index (Phi) is 5.08. The molecule has 0 spiro atoms. The third-order valence-corrected chi connectivity index (χ3v) is 5.77. The van der Waals surface area contributed by atoms with E-state index in [1.165, 1.54) is 6.07 Å². The third-order valence-electron chi connectivity index (χ3n) is 5.43. The van der Waals surface area contributed by atoms with Crippen LogP contribution in [0.25, 0.3) is 0 Å². The van der Waals surface area contributed by atoms with E-state index in [1.54, 1.807) is 11.0 Å². The van der Waals surface area contributed by atoms with Gasteiger partial charge in [-0.3, -0.25) is 14.4 Å². The molecule has 1 fully saturated rings. The summed E-state index contributed by atoms with van der Waals surface area (Å²) in [6.07, 6.45) is 1.43. The number of carbonyl (C=O) groups is 2. The summed E-state index contributed by atoms with van der Waals surface area (Å²) in [5.74, 6) is -0.425. The third kappa shape index (κ3) is 3.38. The molecule has 1 aromatic heterocycles. The van der Waals surface area contributed by atoms with Crippen molar-refractivity contribution >= 4 is 23.3 Å². The minimum absolute atomic E-state index is 0.000610. The molecule has 28 heavy (non-hydrogen) atoms. The number of morpholine rings is 1. The molecule has 2 unspecified atom stereocenters. The van der Waals surface area contributed by atoms with Gasteiger partial charge in [-0.25, -0.2) is 0 Å². The van der Waals surface area contributed by atoms with E-state index in [0.717, 1.165) is 12.0 Å². The van der Waals surface area contributed by atoms with Gasteiger partial charge in [-0.05, 0) is 31.9 Å². The Labute approximate surface area is 167 Å². The van der Waals surface area contributed by atoms with E-state index in [-0.39, 0.29) is 30.0 Å². The van der Waals surface area contributed by atoms with E-state index in [2.05, 4.69) is 4.98 Å². The summed E-state index contributed by atoms with van der Waals surface area (Å²) >= 11 is 6.28. The fourth-order valence-electron chi connectivity index (χ4n) is 3.85. The molecule has 0 bridgehead atoms. The maximum atomic E-state index is 13.2. The van der Waals surface area contributed by atoms with Crippen molar-refractivity contribution in [1.82, 2.24) is 9.88 Å². The monoisotopic (exact) mass is 400 g/mol. The lowest BCUT2D eigenvalue weighted by Crippen LogP contribution is -2.49. The van der Waals surface area contributed by atoms with Crippen LogP contribution in [0.1, 0.15) is 57.8 Å². The number of rotatable bonds is 2. The van der Waals surface area contributed by atoms with Gasteiger partial charge in [-0.1, -0.05) is 29.8 Å². The van der Waals surface area contributed by atoms with Gasteiger partial charge in [-0.2, -0.15) is 0 Å². The smallest absolute Gasteiger partial charge is 0.261 e. The number of carbonyl (C=O) groups excluding carboxylic acids is 2. The molecule has 2 aliphatic rings. The number of aryl methyl sites for hydroxylation is 1. The van der Waals surface area contributed by atoms with Crippen molar-refractivity contribution in [2.24, 2.45) is 0 Å². The van der Waals surface area contributed by atoms with Crippen LogP contribution in [0.4, 0.5) is 0 Å². The Balaban J connectivity index is 1.65. The Hall–Kier alpha value is -2.44. The van der Waals surface area contributed by atoms with E-state index in [4.69, 9.17) is 16.3 Å². The van der Waals surface area contributed by atoms with Gasteiger partial charge in [0.15, 0.2) is 5.78 Å². The average Bonchev–Trinajstić information content (AvgIpc) is 2.68. The summed E-state index contributed by atoms with van der Waals surface area (Å²) < 4.78 is 5.89. The fourth-order valence-corrected chi connectivity index (χ4v) is 4.11. The van der Waals surface area contributed by atoms with Gasteiger partial charge in [0.1, 0.15) is 11.7 Å². The SMILES string of the molecule is CC1COC(c2ccccc2Cl)CN1C(=O)c1cc2c([nH]c1=O)CCCC2=O. The molecule has 1 saturated heterocycles. The zero-order valence-electron chi connectivity index (χ0n) is 15.5. The van der Waals surface area contributed by atoms with E-state index in [1.807, 2.05) is 25.1 Å². The molecule has 146 valence electrons. The van der Waals surface area contributed by atoms with Crippen LogP contribution in [0.5, 0.6) is 0 Å². The number of H-pyrrole nitrogens is 1. The molecular weight excluding hydrogens is 380 g/mol. The normalized spacial score (nSPS) is 22.1. The zero-order chi connectivity index (χ0) is 19.8. The molecule has 2 heterocycles. The minimum atomic E-state index is -0.452. The number of aromatic amines is 1. The Morgan fingerprint density at radius 2 is 2.04 bits per heavy atom. The number of ether oxygens (including phenoxy) is 1. The highest BCUT2D eigenvalue weighted by molar-refractivity contribution is 6.31. The van der Waals surface area contributed by atoms with Crippen LogP contribution in [0, 0.1) is 0 Å². The van der Waals surface area contributed by atoms with Crippen molar-refractivity contribution in [3.05, 3.63) is 68.1 Å². The van der Waals surface area contributed by atoms with Gasteiger partial charge in [0.2, 0.25) is 0 Å². The molecule has 6 nitrogen and oxygen atoms in total. The molecule has 4 rings (SSSR count). The molecule has 1 aliphatic heterocycles. The number of halogens is 1. The Bertz CT molecular complexity index is 1000. The first-order valence-electron chi connectivity index (χ1n) is 9.42. The number of amides is 1. The van der Waals surface area contributed by atoms with Crippen LogP contribution >= 0.6 is 11.6 Å². The summed E-state index contributed by atoms with van der Waals surface area (Å²) in [7, 11) is 0. The number of nitrogens with one attached hydrogen (secondary N) is 1. The summed E-state index contributed by atoms with van der Waals surface area (Å²) in [6, 6.07) is 8.63. The second-order valence-corrected chi connectivity index (χ2v) is 7.74. The molecule has 1 aliphatic carbocycles. The Morgan fingerprint density at radius 1 is 1.25 bits per heavy atom. The fraction of sp³-hybridized carbons (Fsp3) is 0.381. The van der Waals surface area contributed by atoms with Crippen LogP contribution in [0.3, 0.4) is 0 Å². The van der Waals surface area contributed by atoms with Gasteiger partial charge < -0.3 is 14.6 Å². The Morgan fingerprint density at radius 3 is 2.82 bits per heavy atom. The van der Waals surface area contributed by atoms with Crippen LogP contribution in [-0.4, -0.2) is 40.8 Å². The average molecular weight is 401 g/mol. The van der Waals surface area contributed by atoms with Gasteiger partial charge in [0.05, 0.1) is 19.2 Å². The number of ketones is 1. The van der Waals surface area contributed by atoms with Crippen molar-refractivity contribution < 1.29 is 14.3 Å². The number of benzene rings is 1. The van der Waals surface area contributed by atoms with Gasteiger partial charge in [-0.15, -0.1) is 0 Å². The number of Topliss-reactive ketones (excluding diaryl/α,β-unsaturated/α-hetero) is 1. The van der Waals surface area contributed by atoms with Crippen molar-refractivity contribution in [3.8, 4) is 0 Å². The predicted molar refractivity (Wildman–Crippen MR) is 105 cm³/mol. The lowest BCUT2D eigenvalue weighted by molar-refractivity contribution is -0.0486. The van der Waals surface area contributed by atoms with Crippen molar-refractivity contribution in [2.75, 3.05) is 13.2 Å². The van der Waals surface area contributed by atoms with Crippen molar-refractivity contribution in [2.45, 2.75) is 38.3 Å². The second kappa shape index (κ2) is 7.53. The molecular formula is C21H21ClN2O4. The number of hydrogen-bond acceptors (Lipinski definition) is 4. The molecule has 1 amide bonds. The van der Waals surface area contributed by atoms with Crippen LogP contribution in [0.15, 0.2) is 35.1 Å². The quantitative estimate of drug-likeness (QED) is 0.839. The van der Waals surface area contributed by atoms with E-state index in [0.29, 0.717) is 35.7 Å². The standard InChI is InChI=1S/C21H21ClN2O4/c1-12-11-28-19(13-5-2-3-6-16(13)22)10-24(12)21(27)15-9-14-17(23-20(15)26)7-4-8-18(14)25/h2-3,5-6,9,12,19H,4,7-8,10-11H2,1H3,(H,23,26). The zero-order valence-corrected chi connectivity index (χ0v) is 16.3. The lowest BCUT2D eigenvalue weighted by Gasteiger charge is -2.38. The summed E-state index contributed by atoms with van der Waals surface area (Å²) in [4.78, 5) is 42.3. The van der Waals surface area contributed by atoms with E-state index in [9.17, 15) is 14.4 Å². The van der Waals surface area contributed by atoms with Gasteiger partial charge in [0.25, 0.3) is 11.5 Å². The predicted octanol–water partition coefficient (Wildman–Crippen LogP) is 3.15. The summed E-state index contributed by atoms with van der Waals surface area (Å²) in [5.41, 5.74) is 1.44. The van der Waals surface area contributed by atoms with Crippen molar-refractivity contribution in [3.63, 3.8) is 0 Å². The maximum absolute atomic E-state index is 13.2. The molecule has 0 radical (unpaired) electrons. The highest BCUT2D eigenvalue weighted by atomic mass is 35.5. The van der Waals surface area contributed by atoms with Gasteiger partial charge in [0, 0.05) is 28.3 Å². The van der Waals surface area contributed by atoms with Crippen LogP contribution in [0.2, 0.25) is 5.02 Å². The number of hydrogen-bond donors (Lipinski definition) is 1. The highest BCUT2D eigenvalue weighted by Gasteiger charge is 2.33. The van der Waals surface area contributed by atoms with Crippen LogP contribution < -0.4 is 5.56 Å². The summed E-state index contributed by atoms with van der Waals surface area (Å²) in [5, 5.41) is 0.576. The molecule has 7 heteroatoms. The maximum Gasteiger partial charge on any atom is 0.261 e. The van der Waals surface area contributed by atoms with E-state index >= 15 is 0 Å². The first kappa shape index (κ1) is 18.9. The first-order valence-corrected chi connectivity index (χ1v) is 9.80. The number of pyridine rings is 1. The van der Waals surface area contributed by atoms with Gasteiger partial charge >= 0.3 is 0 Å².